The fourth-order valence-corrected chi connectivity index (χ4v) is 3.38. The van der Waals surface area contributed by atoms with Crippen molar-refractivity contribution in [3.8, 4) is 0 Å². The minimum atomic E-state index is 0.642. The molecule has 0 aliphatic carbocycles. The number of hydrogen-bond donors (Lipinski definition) is 0. The average molecular weight is 298 g/mol. The van der Waals surface area contributed by atoms with Crippen LogP contribution in [0.15, 0.2) is 43.0 Å². The van der Waals surface area contributed by atoms with Gasteiger partial charge in [0.2, 0.25) is 0 Å². The molecule has 1 atom stereocenters. The molecule has 0 amide bonds. The highest BCUT2D eigenvalue weighted by molar-refractivity contribution is 5.09. The van der Waals surface area contributed by atoms with Crippen molar-refractivity contribution in [2.45, 2.75) is 45.2 Å². The van der Waals surface area contributed by atoms with Crippen LogP contribution in [0.25, 0.3) is 0 Å². The Morgan fingerprint density at radius 3 is 2.77 bits per heavy atom. The van der Waals surface area contributed by atoms with E-state index in [1.54, 1.807) is 0 Å². The molecule has 22 heavy (non-hydrogen) atoms. The van der Waals surface area contributed by atoms with E-state index in [1.807, 2.05) is 41.6 Å². The van der Waals surface area contributed by atoms with E-state index < -0.39 is 0 Å². The van der Waals surface area contributed by atoms with Crippen LogP contribution in [0.2, 0.25) is 0 Å². The Bertz CT molecular complexity index is 529. The zero-order chi connectivity index (χ0) is 15.2. The first-order valence-corrected chi connectivity index (χ1v) is 8.41. The van der Waals surface area contributed by atoms with Crippen molar-refractivity contribution < 1.29 is 0 Å². The van der Waals surface area contributed by atoms with Crippen molar-refractivity contribution in [3.63, 3.8) is 0 Å². The Morgan fingerprint density at radius 1 is 1.23 bits per heavy atom. The molecule has 3 heterocycles. The van der Waals surface area contributed by atoms with E-state index in [0.29, 0.717) is 6.04 Å². The minimum absolute atomic E-state index is 0.642. The molecule has 2 aromatic rings. The summed E-state index contributed by atoms with van der Waals surface area (Å²) < 4.78 is 2.03. The molecule has 0 bridgehead atoms. The number of piperidine rings is 1. The van der Waals surface area contributed by atoms with Gasteiger partial charge in [-0.2, -0.15) is 5.10 Å². The molecule has 118 valence electrons. The van der Waals surface area contributed by atoms with Gasteiger partial charge in [0.05, 0.1) is 0 Å². The van der Waals surface area contributed by atoms with E-state index in [-0.39, 0.29) is 0 Å². The first-order chi connectivity index (χ1) is 10.8. The number of rotatable bonds is 6. The smallest absolute Gasteiger partial charge is 0.0489 e. The summed E-state index contributed by atoms with van der Waals surface area (Å²) in [5, 5.41) is 4.28. The van der Waals surface area contributed by atoms with Gasteiger partial charge >= 0.3 is 0 Å². The molecule has 4 nitrogen and oxygen atoms in total. The summed E-state index contributed by atoms with van der Waals surface area (Å²) in [5.41, 5.74) is 1.38. The summed E-state index contributed by atoms with van der Waals surface area (Å²) in [6.45, 7) is 5.82. The first-order valence-electron chi connectivity index (χ1n) is 8.41. The maximum Gasteiger partial charge on any atom is 0.0489 e. The number of pyridine rings is 1. The average Bonchev–Trinajstić information content (AvgIpc) is 3.08. The van der Waals surface area contributed by atoms with E-state index in [0.717, 1.165) is 12.5 Å². The molecule has 1 fully saturated rings. The van der Waals surface area contributed by atoms with Crippen LogP contribution in [0.4, 0.5) is 0 Å². The normalized spacial score (nSPS) is 18.4. The first kappa shape index (κ1) is 15.2. The van der Waals surface area contributed by atoms with Crippen molar-refractivity contribution in [2.75, 3.05) is 13.1 Å². The molecule has 0 N–H and O–H groups in total. The summed E-state index contributed by atoms with van der Waals surface area (Å²) in [7, 11) is 0. The molecular formula is C18H26N4. The highest BCUT2D eigenvalue weighted by Gasteiger charge is 2.22. The summed E-state index contributed by atoms with van der Waals surface area (Å²) in [6, 6.07) is 6.88. The second-order valence-corrected chi connectivity index (χ2v) is 6.45. The summed E-state index contributed by atoms with van der Waals surface area (Å²) in [6.07, 6.45) is 12.7. The number of hydrogen-bond acceptors (Lipinski definition) is 3. The van der Waals surface area contributed by atoms with Crippen LogP contribution >= 0.6 is 0 Å². The quantitative estimate of drug-likeness (QED) is 0.822. The van der Waals surface area contributed by atoms with Gasteiger partial charge in [-0.1, -0.05) is 6.07 Å². The van der Waals surface area contributed by atoms with Gasteiger partial charge in [0.25, 0.3) is 0 Å². The zero-order valence-electron chi connectivity index (χ0n) is 13.4. The van der Waals surface area contributed by atoms with Gasteiger partial charge in [-0.3, -0.25) is 9.67 Å². The molecular weight excluding hydrogens is 272 g/mol. The largest absolute Gasteiger partial charge is 0.301 e. The van der Waals surface area contributed by atoms with Crippen LogP contribution in [0.3, 0.4) is 0 Å². The van der Waals surface area contributed by atoms with E-state index in [1.165, 1.54) is 44.3 Å². The predicted molar refractivity (Wildman–Crippen MR) is 88.5 cm³/mol. The molecule has 4 heteroatoms. The van der Waals surface area contributed by atoms with Crippen LogP contribution < -0.4 is 0 Å². The Labute approximate surface area is 133 Å². The number of nitrogens with zero attached hydrogens (tertiary/aromatic N) is 4. The van der Waals surface area contributed by atoms with Crippen molar-refractivity contribution >= 4 is 0 Å². The van der Waals surface area contributed by atoms with Gasteiger partial charge in [0, 0.05) is 37.4 Å². The monoisotopic (exact) mass is 298 g/mol. The number of likely N-dealkylation sites (tertiary alicyclic amines) is 1. The highest BCUT2D eigenvalue weighted by Crippen LogP contribution is 2.23. The molecule has 3 rings (SSSR count). The van der Waals surface area contributed by atoms with E-state index in [4.69, 9.17) is 0 Å². The Hall–Kier alpha value is -1.68. The molecule has 1 unspecified atom stereocenters. The van der Waals surface area contributed by atoms with Crippen molar-refractivity contribution in [1.29, 1.82) is 0 Å². The maximum atomic E-state index is 4.28. The third-order valence-electron chi connectivity index (χ3n) is 4.85. The SMILES string of the molecule is CC(CCn1cccn1)N1CCC(Cc2cccnc2)CC1. The molecule has 1 aliphatic rings. The van der Waals surface area contributed by atoms with E-state index >= 15 is 0 Å². The third-order valence-corrected chi connectivity index (χ3v) is 4.85. The molecule has 2 aromatic heterocycles. The van der Waals surface area contributed by atoms with Crippen molar-refractivity contribution in [2.24, 2.45) is 5.92 Å². The molecule has 1 saturated heterocycles. The van der Waals surface area contributed by atoms with Gasteiger partial charge in [-0.15, -0.1) is 0 Å². The molecule has 0 aromatic carbocycles. The lowest BCUT2D eigenvalue weighted by Gasteiger charge is -2.36. The lowest BCUT2D eigenvalue weighted by molar-refractivity contribution is 0.131. The van der Waals surface area contributed by atoms with Crippen LogP contribution in [-0.2, 0) is 13.0 Å². The minimum Gasteiger partial charge on any atom is -0.301 e. The van der Waals surface area contributed by atoms with Crippen LogP contribution in [0, 0.1) is 5.92 Å². The Morgan fingerprint density at radius 2 is 2.09 bits per heavy atom. The van der Waals surface area contributed by atoms with Gasteiger partial charge in [-0.05, 0) is 69.3 Å². The fraction of sp³-hybridized carbons (Fsp3) is 0.556. The highest BCUT2D eigenvalue weighted by atomic mass is 15.3. The van der Waals surface area contributed by atoms with Crippen LogP contribution in [0.1, 0.15) is 31.7 Å². The van der Waals surface area contributed by atoms with Gasteiger partial charge in [-0.25, -0.2) is 0 Å². The molecule has 1 aliphatic heterocycles. The summed E-state index contributed by atoms with van der Waals surface area (Å²) in [4.78, 5) is 6.87. The standard InChI is InChI=1S/C18H26N4/c1-16(5-13-22-10-3-9-20-22)21-11-6-17(7-12-21)14-18-4-2-8-19-15-18/h2-4,8-10,15-17H,5-7,11-14H2,1H3. The fourth-order valence-electron chi connectivity index (χ4n) is 3.38. The van der Waals surface area contributed by atoms with Gasteiger partial charge in [0.1, 0.15) is 0 Å². The van der Waals surface area contributed by atoms with Gasteiger partial charge in [0.15, 0.2) is 0 Å². The van der Waals surface area contributed by atoms with Crippen molar-refractivity contribution in [1.82, 2.24) is 19.7 Å². The predicted octanol–water partition coefficient (Wildman–Crippen LogP) is 3.01. The van der Waals surface area contributed by atoms with Crippen molar-refractivity contribution in [3.05, 3.63) is 48.5 Å². The lowest BCUT2D eigenvalue weighted by atomic mass is 9.90. The molecule has 0 radical (unpaired) electrons. The zero-order valence-corrected chi connectivity index (χ0v) is 13.4. The lowest BCUT2D eigenvalue weighted by Crippen LogP contribution is -2.40. The van der Waals surface area contributed by atoms with E-state index in [2.05, 4.69) is 28.0 Å². The number of aryl methyl sites for hydroxylation is 1. The molecule has 0 saturated carbocycles. The molecule has 0 spiro atoms. The third kappa shape index (κ3) is 4.17. The van der Waals surface area contributed by atoms with Gasteiger partial charge < -0.3 is 4.90 Å². The Balaban J connectivity index is 1.41. The van der Waals surface area contributed by atoms with Crippen LogP contribution in [0.5, 0.6) is 0 Å². The van der Waals surface area contributed by atoms with Crippen LogP contribution in [-0.4, -0.2) is 38.8 Å². The number of aromatic nitrogens is 3. The maximum absolute atomic E-state index is 4.28. The summed E-state index contributed by atoms with van der Waals surface area (Å²) >= 11 is 0. The van der Waals surface area contributed by atoms with E-state index in [9.17, 15) is 0 Å². The second-order valence-electron chi connectivity index (χ2n) is 6.45. The Kier molecular flexibility index (Phi) is 5.22. The second kappa shape index (κ2) is 7.54. The topological polar surface area (TPSA) is 34.0 Å². The summed E-state index contributed by atoms with van der Waals surface area (Å²) in [5.74, 6) is 0.818.